The summed E-state index contributed by atoms with van der Waals surface area (Å²) in [5.41, 5.74) is 9.07. The molecule has 2 unspecified atom stereocenters. The van der Waals surface area contributed by atoms with Crippen molar-refractivity contribution in [3.8, 4) is 0 Å². The van der Waals surface area contributed by atoms with Crippen LogP contribution in [0.3, 0.4) is 0 Å². The van der Waals surface area contributed by atoms with Gasteiger partial charge < -0.3 is 16.0 Å². The molecular weight excluding hydrogens is 298 g/mol. The molecule has 128 valence electrons. The van der Waals surface area contributed by atoms with Gasteiger partial charge in [-0.2, -0.15) is 0 Å². The summed E-state index contributed by atoms with van der Waals surface area (Å²) in [6.07, 6.45) is 0. The number of hydrogen-bond acceptors (Lipinski definition) is 3. The predicted octanol–water partition coefficient (Wildman–Crippen LogP) is 3.81. The number of nitrogens with one attached hydrogen (secondary N) is 1. The van der Waals surface area contributed by atoms with Crippen LogP contribution in [0.5, 0.6) is 0 Å². The van der Waals surface area contributed by atoms with E-state index in [-0.39, 0.29) is 17.9 Å². The lowest BCUT2D eigenvalue weighted by Crippen LogP contribution is -2.30. The summed E-state index contributed by atoms with van der Waals surface area (Å²) in [4.78, 5) is 14.7. The Balaban J connectivity index is 2.08. The third kappa shape index (κ3) is 4.36. The van der Waals surface area contributed by atoms with Gasteiger partial charge in [0, 0.05) is 30.5 Å². The van der Waals surface area contributed by atoms with Gasteiger partial charge in [0.1, 0.15) is 0 Å². The lowest BCUT2D eigenvalue weighted by Gasteiger charge is -2.25. The summed E-state index contributed by atoms with van der Waals surface area (Å²) in [5.74, 6) is -0.394. The van der Waals surface area contributed by atoms with Gasteiger partial charge in [0.2, 0.25) is 5.91 Å². The zero-order valence-electron chi connectivity index (χ0n) is 14.9. The molecule has 0 aromatic heterocycles. The Morgan fingerprint density at radius 1 is 1.04 bits per heavy atom. The largest absolute Gasteiger partial charge is 0.372 e. The second-order valence-corrected chi connectivity index (χ2v) is 6.47. The van der Waals surface area contributed by atoms with Crippen molar-refractivity contribution < 1.29 is 4.79 Å². The van der Waals surface area contributed by atoms with E-state index in [1.165, 1.54) is 0 Å². The van der Waals surface area contributed by atoms with E-state index in [1.54, 1.807) is 0 Å². The van der Waals surface area contributed by atoms with Crippen molar-refractivity contribution in [1.82, 2.24) is 0 Å². The SMILES string of the molecule is CC(C(=O)Nc1cccc(N(C)C(C)C)c1)C(N)c1ccccc1. The number of nitrogens with zero attached hydrogens (tertiary/aromatic N) is 1. The third-order valence-electron chi connectivity index (χ3n) is 4.43. The first-order valence-electron chi connectivity index (χ1n) is 8.34. The second kappa shape index (κ2) is 7.97. The van der Waals surface area contributed by atoms with E-state index in [4.69, 9.17) is 5.73 Å². The molecule has 4 heteroatoms. The van der Waals surface area contributed by atoms with E-state index in [0.717, 1.165) is 16.9 Å². The molecule has 0 saturated heterocycles. The summed E-state index contributed by atoms with van der Waals surface area (Å²) < 4.78 is 0. The Morgan fingerprint density at radius 3 is 2.33 bits per heavy atom. The van der Waals surface area contributed by atoms with Crippen molar-refractivity contribution in [1.29, 1.82) is 0 Å². The molecule has 2 rings (SSSR count). The number of carbonyl (C=O) groups is 1. The Morgan fingerprint density at radius 2 is 1.71 bits per heavy atom. The molecule has 24 heavy (non-hydrogen) atoms. The van der Waals surface area contributed by atoms with Gasteiger partial charge in [0.25, 0.3) is 0 Å². The van der Waals surface area contributed by atoms with Gasteiger partial charge in [-0.1, -0.05) is 43.3 Å². The molecule has 1 amide bonds. The van der Waals surface area contributed by atoms with Gasteiger partial charge in [0.15, 0.2) is 0 Å². The molecule has 4 nitrogen and oxygen atoms in total. The Labute approximate surface area is 144 Å². The standard InChI is InChI=1S/C20H27N3O/c1-14(2)23(4)18-12-8-11-17(13-18)22-20(24)15(3)19(21)16-9-6-5-7-10-16/h5-15,19H,21H2,1-4H3,(H,22,24). The van der Waals surface area contributed by atoms with Crippen molar-refractivity contribution in [3.05, 3.63) is 60.2 Å². The molecule has 0 aliphatic rings. The minimum Gasteiger partial charge on any atom is -0.372 e. The molecule has 0 aliphatic heterocycles. The maximum absolute atomic E-state index is 12.5. The molecule has 0 fully saturated rings. The molecule has 2 aromatic rings. The van der Waals surface area contributed by atoms with Crippen molar-refractivity contribution in [2.45, 2.75) is 32.9 Å². The van der Waals surface area contributed by atoms with E-state index < -0.39 is 0 Å². The highest BCUT2D eigenvalue weighted by Crippen LogP contribution is 2.23. The van der Waals surface area contributed by atoms with Crippen LogP contribution in [0, 0.1) is 5.92 Å². The smallest absolute Gasteiger partial charge is 0.229 e. The van der Waals surface area contributed by atoms with Crippen LogP contribution in [0.4, 0.5) is 11.4 Å². The van der Waals surface area contributed by atoms with Crippen LogP contribution in [0.1, 0.15) is 32.4 Å². The number of nitrogens with two attached hydrogens (primary N) is 1. The summed E-state index contributed by atoms with van der Waals surface area (Å²) >= 11 is 0. The first kappa shape index (κ1) is 18.0. The Kier molecular flexibility index (Phi) is 5.99. The first-order chi connectivity index (χ1) is 11.4. The van der Waals surface area contributed by atoms with E-state index in [1.807, 2.05) is 68.6 Å². The lowest BCUT2D eigenvalue weighted by atomic mass is 9.94. The van der Waals surface area contributed by atoms with Crippen molar-refractivity contribution >= 4 is 17.3 Å². The van der Waals surface area contributed by atoms with Crippen molar-refractivity contribution in [2.75, 3.05) is 17.3 Å². The summed E-state index contributed by atoms with van der Waals surface area (Å²) in [7, 11) is 2.04. The van der Waals surface area contributed by atoms with Gasteiger partial charge >= 0.3 is 0 Å². The number of amides is 1. The minimum absolute atomic E-state index is 0.0734. The quantitative estimate of drug-likeness (QED) is 0.849. The van der Waals surface area contributed by atoms with Crippen LogP contribution in [0.15, 0.2) is 54.6 Å². The van der Waals surface area contributed by atoms with Crippen LogP contribution in [-0.4, -0.2) is 19.0 Å². The molecule has 0 heterocycles. The topological polar surface area (TPSA) is 58.4 Å². The highest BCUT2D eigenvalue weighted by molar-refractivity contribution is 5.93. The van der Waals surface area contributed by atoms with Crippen LogP contribution in [-0.2, 0) is 4.79 Å². The van der Waals surface area contributed by atoms with Crippen molar-refractivity contribution in [2.24, 2.45) is 11.7 Å². The molecule has 0 aliphatic carbocycles. The molecule has 0 spiro atoms. The fourth-order valence-electron chi connectivity index (χ4n) is 2.48. The summed E-state index contributed by atoms with van der Waals surface area (Å²) in [5, 5.41) is 2.98. The number of benzene rings is 2. The maximum atomic E-state index is 12.5. The molecule has 0 saturated carbocycles. The van der Waals surface area contributed by atoms with Gasteiger partial charge in [-0.3, -0.25) is 4.79 Å². The van der Waals surface area contributed by atoms with Gasteiger partial charge in [0.05, 0.1) is 5.92 Å². The number of hydrogen-bond donors (Lipinski definition) is 2. The second-order valence-electron chi connectivity index (χ2n) is 6.47. The fraction of sp³-hybridized carbons (Fsp3) is 0.350. The van der Waals surface area contributed by atoms with Crippen LogP contribution >= 0.6 is 0 Å². The van der Waals surface area contributed by atoms with Crippen LogP contribution < -0.4 is 16.0 Å². The Hall–Kier alpha value is -2.33. The Bertz CT molecular complexity index is 670. The predicted molar refractivity (Wildman–Crippen MR) is 101 cm³/mol. The van der Waals surface area contributed by atoms with Crippen LogP contribution in [0.2, 0.25) is 0 Å². The van der Waals surface area contributed by atoms with Gasteiger partial charge in [-0.05, 0) is 37.6 Å². The van der Waals surface area contributed by atoms with E-state index >= 15 is 0 Å². The zero-order valence-corrected chi connectivity index (χ0v) is 14.9. The van der Waals surface area contributed by atoms with Crippen LogP contribution in [0.25, 0.3) is 0 Å². The molecular formula is C20H27N3O. The maximum Gasteiger partial charge on any atom is 0.229 e. The highest BCUT2D eigenvalue weighted by Gasteiger charge is 2.22. The highest BCUT2D eigenvalue weighted by atomic mass is 16.1. The fourth-order valence-corrected chi connectivity index (χ4v) is 2.48. The van der Waals surface area contributed by atoms with E-state index in [0.29, 0.717) is 6.04 Å². The van der Waals surface area contributed by atoms with E-state index in [9.17, 15) is 4.79 Å². The summed E-state index contributed by atoms with van der Waals surface area (Å²) in [6.45, 7) is 6.12. The van der Waals surface area contributed by atoms with Crippen molar-refractivity contribution in [3.63, 3.8) is 0 Å². The summed E-state index contributed by atoms with van der Waals surface area (Å²) in [6, 6.07) is 17.6. The molecule has 0 bridgehead atoms. The average Bonchev–Trinajstić information content (AvgIpc) is 2.60. The third-order valence-corrected chi connectivity index (χ3v) is 4.43. The number of rotatable bonds is 6. The number of carbonyl (C=O) groups excluding carboxylic acids is 1. The normalized spacial score (nSPS) is 13.4. The molecule has 0 radical (unpaired) electrons. The average molecular weight is 325 g/mol. The zero-order chi connectivity index (χ0) is 17.7. The number of anilines is 2. The lowest BCUT2D eigenvalue weighted by molar-refractivity contribution is -0.120. The molecule has 3 N–H and O–H groups in total. The monoisotopic (exact) mass is 325 g/mol. The van der Waals surface area contributed by atoms with E-state index in [2.05, 4.69) is 24.1 Å². The van der Waals surface area contributed by atoms with Gasteiger partial charge in [-0.25, -0.2) is 0 Å². The first-order valence-corrected chi connectivity index (χ1v) is 8.34. The van der Waals surface area contributed by atoms with Gasteiger partial charge in [-0.15, -0.1) is 0 Å². The minimum atomic E-state index is -0.326. The molecule has 2 aromatic carbocycles. The molecule has 2 atom stereocenters.